The van der Waals surface area contributed by atoms with E-state index in [-0.39, 0.29) is 0 Å². The summed E-state index contributed by atoms with van der Waals surface area (Å²) in [6, 6.07) is 6.81. The van der Waals surface area contributed by atoms with Crippen LogP contribution in [-0.4, -0.2) is 29.1 Å². The zero-order chi connectivity index (χ0) is 14.4. The molecule has 4 rings (SSSR count). The van der Waals surface area contributed by atoms with Crippen molar-refractivity contribution in [3.63, 3.8) is 0 Å². The minimum absolute atomic E-state index is 0.534. The second-order valence-corrected chi connectivity index (χ2v) is 5.76. The fraction of sp³-hybridized carbons (Fsp3) is 0.294. The summed E-state index contributed by atoms with van der Waals surface area (Å²) >= 11 is 0. The molecule has 1 unspecified atom stereocenters. The number of nitrogens with one attached hydrogen (secondary N) is 1. The van der Waals surface area contributed by atoms with Crippen LogP contribution in [0.15, 0.2) is 31.0 Å². The maximum Gasteiger partial charge on any atom is 0.150 e. The zero-order valence-electron chi connectivity index (χ0n) is 12.1. The minimum atomic E-state index is 0.534. The fourth-order valence-electron chi connectivity index (χ4n) is 3.23. The monoisotopic (exact) mass is 278 g/mol. The molecule has 1 atom stereocenters. The maximum atomic E-state index is 4.88. The van der Waals surface area contributed by atoms with Gasteiger partial charge in [-0.1, -0.05) is 12.7 Å². The second-order valence-electron chi connectivity index (χ2n) is 5.76. The first-order valence-corrected chi connectivity index (χ1v) is 7.36. The summed E-state index contributed by atoms with van der Waals surface area (Å²) in [6.07, 6.45) is 4.91. The molecule has 0 aromatic carbocycles. The third-order valence-electron chi connectivity index (χ3n) is 4.29. The Morgan fingerprint density at radius 3 is 3.14 bits per heavy atom. The molecule has 4 heterocycles. The molecule has 1 saturated heterocycles. The third kappa shape index (κ3) is 1.98. The van der Waals surface area contributed by atoms with Gasteiger partial charge in [0.2, 0.25) is 0 Å². The lowest BCUT2D eigenvalue weighted by molar-refractivity contribution is 0.788. The number of nitrogens with zero attached hydrogens (tertiary/aromatic N) is 3. The Bertz CT molecular complexity index is 723. The molecule has 0 amide bonds. The molecule has 1 N–H and O–H groups in total. The molecule has 0 saturated carbocycles. The van der Waals surface area contributed by atoms with Crippen molar-refractivity contribution in [2.75, 3.05) is 23.3 Å². The largest absolute Gasteiger partial charge is 0.366 e. The highest BCUT2D eigenvalue weighted by molar-refractivity contribution is 5.81. The number of fused-ring (bicyclic) bond motifs is 4. The number of anilines is 2. The Balaban J connectivity index is 1.88. The molecule has 1 fully saturated rings. The van der Waals surface area contributed by atoms with E-state index in [0.717, 1.165) is 41.4 Å². The number of aromatic nitrogens is 2. The average Bonchev–Trinajstić information content (AvgIpc) is 2.89. The van der Waals surface area contributed by atoms with Crippen LogP contribution in [0.1, 0.15) is 17.7 Å². The maximum absolute atomic E-state index is 4.88. The van der Waals surface area contributed by atoms with Gasteiger partial charge in [-0.3, -0.25) is 4.98 Å². The smallest absolute Gasteiger partial charge is 0.150 e. The van der Waals surface area contributed by atoms with Crippen LogP contribution in [0.5, 0.6) is 0 Å². The summed E-state index contributed by atoms with van der Waals surface area (Å²) in [5.41, 5.74) is 5.35. The van der Waals surface area contributed by atoms with E-state index >= 15 is 0 Å². The van der Waals surface area contributed by atoms with Crippen LogP contribution in [0, 0.1) is 6.92 Å². The Morgan fingerprint density at radius 2 is 2.33 bits per heavy atom. The first-order valence-electron chi connectivity index (χ1n) is 7.36. The normalized spacial score (nSPS) is 19.1. The van der Waals surface area contributed by atoms with Crippen LogP contribution < -0.4 is 10.2 Å². The zero-order valence-corrected chi connectivity index (χ0v) is 12.1. The first kappa shape index (κ1) is 12.4. The summed E-state index contributed by atoms with van der Waals surface area (Å²) in [5, 5.41) is 3.56. The van der Waals surface area contributed by atoms with Crippen molar-refractivity contribution < 1.29 is 0 Å². The van der Waals surface area contributed by atoms with E-state index in [1.165, 1.54) is 12.1 Å². The molecule has 2 aromatic rings. The van der Waals surface area contributed by atoms with E-state index in [1.54, 1.807) is 0 Å². The molecule has 4 nitrogen and oxygen atoms in total. The molecule has 0 spiro atoms. The highest BCUT2D eigenvalue weighted by Crippen LogP contribution is 2.38. The van der Waals surface area contributed by atoms with E-state index in [1.807, 2.05) is 25.3 Å². The van der Waals surface area contributed by atoms with Crippen LogP contribution in [-0.2, 0) is 0 Å². The molecule has 2 aliphatic heterocycles. The van der Waals surface area contributed by atoms with Gasteiger partial charge in [0.1, 0.15) is 0 Å². The highest BCUT2D eigenvalue weighted by atomic mass is 15.3. The van der Waals surface area contributed by atoms with Crippen LogP contribution in [0.3, 0.4) is 0 Å². The minimum Gasteiger partial charge on any atom is -0.366 e. The van der Waals surface area contributed by atoms with E-state index in [4.69, 9.17) is 4.98 Å². The SMILES string of the molecule is C=Cc1cc2c(nc1-c1ccnc(C)c1)NC1CCN2C1. The second kappa shape index (κ2) is 4.58. The highest BCUT2D eigenvalue weighted by Gasteiger charge is 2.31. The number of pyridine rings is 2. The van der Waals surface area contributed by atoms with Gasteiger partial charge < -0.3 is 10.2 Å². The van der Waals surface area contributed by atoms with Gasteiger partial charge in [0.25, 0.3) is 0 Å². The van der Waals surface area contributed by atoms with Crippen molar-refractivity contribution >= 4 is 17.6 Å². The van der Waals surface area contributed by atoms with Crippen molar-refractivity contribution in [3.8, 4) is 11.3 Å². The van der Waals surface area contributed by atoms with Crippen LogP contribution in [0.25, 0.3) is 17.3 Å². The number of hydrogen-bond acceptors (Lipinski definition) is 4. The lowest BCUT2D eigenvalue weighted by atomic mass is 10.0. The quantitative estimate of drug-likeness (QED) is 0.916. The van der Waals surface area contributed by atoms with Crippen LogP contribution >= 0.6 is 0 Å². The van der Waals surface area contributed by atoms with Crippen molar-refractivity contribution in [2.24, 2.45) is 0 Å². The topological polar surface area (TPSA) is 41.1 Å². The summed E-state index contributed by atoms with van der Waals surface area (Å²) in [7, 11) is 0. The van der Waals surface area contributed by atoms with Gasteiger partial charge in [-0.15, -0.1) is 0 Å². The van der Waals surface area contributed by atoms with Crippen molar-refractivity contribution in [1.82, 2.24) is 9.97 Å². The van der Waals surface area contributed by atoms with E-state index in [2.05, 4.69) is 33.9 Å². The van der Waals surface area contributed by atoms with Gasteiger partial charge in [-0.25, -0.2) is 4.98 Å². The van der Waals surface area contributed by atoms with Gasteiger partial charge in [-0.2, -0.15) is 0 Å². The van der Waals surface area contributed by atoms with Gasteiger partial charge >= 0.3 is 0 Å². The Labute approximate surface area is 124 Å². The third-order valence-corrected chi connectivity index (χ3v) is 4.29. The summed E-state index contributed by atoms with van der Waals surface area (Å²) in [6.45, 7) is 8.14. The predicted octanol–water partition coefficient (Wildman–Crippen LogP) is 3.10. The Kier molecular flexibility index (Phi) is 2.70. The molecule has 4 heteroatoms. The summed E-state index contributed by atoms with van der Waals surface area (Å²) in [4.78, 5) is 11.6. The van der Waals surface area contributed by atoms with Crippen molar-refractivity contribution in [2.45, 2.75) is 19.4 Å². The molecular weight excluding hydrogens is 260 g/mol. The number of rotatable bonds is 2. The molecule has 0 aliphatic carbocycles. The molecule has 0 radical (unpaired) electrons. The van der Waals surface area contributed by atoms with Crippen molar-refractivity contribution in [3.05, 3.63) is 42.2 Å². The first-order chi connectivity index (χ1) is 10.2. The molecule has 2 aromatic heterocycles. The lowest BCUT2D eigenvalue weighted by Gasteiger charge is -2.28. The van der Waals surface area contributed by atoms with E-state index in [0.29, 0.717) is 6.04 Å². The lowest BCUT2D eigenvalue weighted by Crippen LogP contribution is -2.32. The van der Waals surface area contributed by atoms with E-state index < -0.39 is 0 Å². The number of hydrogen-bond donors (Lipinski definition) is 1. The van der Waals surface area contributed by atoms with Gasteiger partial charge in [0.15, 0.2) is 5.82 Å². The molecule has 2 aliphatic rings. The van der Waals surface area contributed by atoms with Crippen molar-refractivity contribution in [1.29, 1.82) is 0 Å². The summed E-state index contributed by atoms with van der Waals surface area (Å²) < 4.78 is 0. The van der Waals surface area contributed by atoms with Gasteiger partial charge in [0.05, 0.1) is 11.4 Å². The molecule has 21 heavy (non-hydrogen) atoms. The fourth-order valence-corrected chi connectivity index (χ4v) is 3.23. The van der Waals surface area contributed by atoms with Crippen LogP contribution in [0.2, 0.25) is 0 Å². The number of aryl methyl sites for hydroxylation is 1. The predicted molar refractivity (Wildman–Crippen MR) is 86.5 cm³/mol. The standard InChI is InChI=1S/C17H18N4/c1-3-12-9-15-17(19-14-5-7-21(15)10-14)20-16(12)13-4-6-18-11(2)8-13/h3-4,6,8-9,14H,1,5,7,10H2,2H3,(H,19,20). The summed E-state index contributed by atoms with van der Waals surface area (Å²) in [5.74, 6) is 0.999. The molecule has 106 valence electrons. The molecule has 2 bridgehead atoms. The Morgan fingerprint density at radius 1 is 1.43 bits per heavy atom. The average molecular weight is 278 g/mol. The van der Waals surface area contributed by atoms with Gasteiger partial charge in [0, 0.05) is 42.1 Å². The Hall–Kier alpha value is -2.36. The van der Waals surface area contributed by atoms with Crippen LogP contribution in [0.4, 0.5) is 11.5 Å². The van der Waals surface area contributed by atoms with Gasteiger partial charge in [-0.05, 0) is 31.5 Å². The van der Waals surface area contributed by atoms with E-state index in [9.17, 15) is 0 Å². The molecular formula is C17H18N4.